The van der Waals surface area contributed by atoms with Gasteiger partial charge in [-0.15, -0.1) is 0 Å². The molecule has 0 aromatic heterocycles. The lowest BCUT2D eigenvalue weighted by Crippen LogP contribution is -2.15. The molecule has 0 saturated heterocycles. The molecule has 0 bridgehead atoms. The van der Waals surface area contributed by atoms with Crippen molar-refractivity contribution in [2.45, 2.75) is 6.42 Å². The van der Waals surface area contributed by atoms with E-state index in [0.717, 1.165) is 6.42 Å². The van der Waals surface area contributed by atoms with Crippen molar-refractivity contribution >= 4 is 5.78 Å². The average molecular weight is 207 g/mol. The van der Waals surface area contributed by atoms with Gasteiger partial charge in [-0.2, -0.15) is 0 Å². The Bertz CT molecular complexity index is 376. The maximum Gasteiger partial charge on any atom is 0.180 e. The third-order valence-electron chi connectivity index (χ3n) is 2.26. The summed E-state index contributed by atoms with van der Waals surface area (Å²) in [6.07, 6.45) is 0.824. The Morgan fingerprint density at radius 2 is 2.13 bits per heavy atom. The first kappa shape index (κ1) is 9.98. The highest BCUT2D eigenvalue weighted by Gasteiger charge is 2.17. The number of para-hydroxylation sites is 1. The number of Topliss-reactive ketones (excluding diaryl/α,β-unsaturated/α-hetero) is 1. The molecule has 0 atom stereocenters. The molecule has 0 unspecified atom stereocenters. The first-order valence-electron chi connectivity index (χ1n) is 4.95. The summed E-state index contributed by atoms with van der Waals surface area (Å²) in [6, 6.07) is 5.28. The van der Waals surface area contributed by atoms with Crippen LogP contribution in [0.5, 0.6) is 11.5 Å². The van der Waals surface area contributed by atoms with E-state index in [1.165, 1.54) is 0 Å². The Labute approximate surface area is 88.0 Å². The summed E-state index contributed by atoms with van der Waals surface area (Å²) in [5.74, 6) is 1.04. The van der Waals surface area contributed by atoms with Crippen LogP contribution in [0, 0.1) is 0 Å². The second-order valence-corrected chi connectivity index (χ2v) is 3.31. The Morgan fingerprint density at radius 3 is 2.93 bits per heavy atom. The second kappa shape index (κ2) is 4.31. The fourth-order valence-corrected chi connectivity index (χ4v) is 1.52. The van der Waals surface area contributed by atoms with Crippen LogP contribution >= 0.6 is 0 Å². The highest BCUT2D eigenvalue weighted by Crippen LogP contribution is 2.33. The van der Waals surface area contributed by atoms with E-state index in [1.54, 1.807) is 18.2 Å². The topological polar surface area (TPSA) is 61.6 Å². The summed E-state index contributed by atoms with van der Waals surface area (Å²) in [5.41, 5.74) is 5.84. The number of fused-ring (bicyclic) bond motifs is 1. The monoisotopic (exact) mass is 207 g/mol. The smallest absolute Gasteiger partial charge is 0.180 e. The van der Waals surface area contributed by atoms with Gasteiger partial charge >= 0.3 is 0 Å². The Kier molecular flexibility index (Phi) is 2.87. The molecule has 1 aliphatic heterocycles. The first-order valence-corrected chi connectivity index (χ1v) is 4.95. The largest absolute Gasteiger partial charge is 0.490 e. The molecule has 0 aliphatic carbocycles. The van der Waals surface area contributed by atoms with Crippen LogP contribution in [0.1, 0.15) is 16.8 Å². The number of rotatable bonds is 2. The highest BCUT2D eigenvalue weighted by molar-refractivity contribution is 6.00. The van der Waals surface area contributed by atoms with E-state index in [9.17, 15) is 4.79 Å². The fraction of sp³-hybridized carbons (Fsp3) is 0.364. The van der Waals surface area contributed by atoms with E-state index in [4.69, 9.17) is 15.2 Å². The predicted molar refractivity (Wildman–Crippen MR) is 55.4 cm³/mol. The molecular formula is C11H13NO3. The Morgan fingerprint density at radius 1 is 1.33 bits per heavy atom. The van der Waals surface area contributed by atoms with Gasteiger partial charge in [-0.25, -0.2) is 0 Å². The van der Waals surface area contributed by atoms with Gasteiger partial charge in [0.2, 0.25) is 0 Å². The molecule has 15 heavy (non-hydrogen) atoms. The number of ether oxygens (including phenoxy) is 2. The SMILES string of the molecule is NCC(=O)c1cccc2c1OCCCO2. The van der Waals surface area contributed by atoms with E-state index in [0.29, 0.717) is 30.3 Å². The van der Waals surface area contributed by atoms with Gasteiger partial charge in [-0.3, -0.25) is 4.79 Å². The van der Waals surface area contributed by atoms with Crippen molar-refractivity contribution in [2.24, 2.45) is 5.73 Å². The standard InChI is InChI=1S/C11H13NO3/c12-7-9(13)8-3-1-4-10-11(8)15-6-2-5-14-10/h1,3-4H,2,5-7,12H2. The molecule has 0 saturated carbocycles. The quantitative estimate of drug-likeness (QED) is 0.734. The van der Waals surface area contributed by atoms with Crippen molar-refractivity contribution in [3.8, 4) is 11.5 Å². The van der Waals surface area contributed by atoms with Crippen molar-refractivity contribution in [3.05, 3.63) is 23.8 Å². The summed E-state index contributed by atoms with van der Waals surface area (Å²) in [6.45, 7) is 1.18. The molecule has 1 aliphatic rings. The number of nitrogens with two attached hydrogens (primary N) is 1. The van der Waals surface area contributed by atoms with Gasteiger partial charge in [0.05, 0.1) is 25.3 Å². The summed E-state index contributed by atoms with van der Waals surface area (Å²) in [4.78, 5) is 11.5. The predicted octanol–water partition coefficient (Wildman–Crippen LogP) is 0.989. The van der Waals surface area contributed by atoms with E-state index >= 15 is 0 Å². The van der Waals surface area contributed by atoms with Crippen molar-refractivity contribution in [3.63, 3.8) is 0 Å². The zero-order valence-corrected chi connectivity index (χ0v) is 8.36. The Hall–Kier alpha value is -1.55. The van der Waals surface area contributed by atoms with Crippen molar-refractivity contribution in [2.75, 3.05) is 19.8 Å². The fourth-order valence-electron chi connectivity index (χ4n) is 1.52. The van der Waals surface area contributed by atoms with Crippen LogP contribution in [-0.4, -0.2) is 25.5 Å². The number of carbonyl (C=O) groups excluding carboxylic acids is 1. The van der Waals surface area contributed by atoms with Crippen LogP contribution in [0.2, 0.25) is 0 Å². The van der Waals surface area contributed by atoms with Gasteiger partial charge in [-0.05, 0) is 12.1 Å². The molecule has 0 amide bonds. The van der Waals surface area contributed by atoms with Crippen LogP contribution < -0.4 is 15.2 Å². The summed E-state index contributed by atoms with van der Waals surface area (Å²) in [7, 11) is 0. The molecule has 1 aromatic rings. The van der Waals surface area contributed by atoms with Gasteiger partial charge < -0.3 is 15.2 Å². The molecule has 0 radical (unpaired) electrons. The lowest BCUT2D eigenvalue weighted by molar-refractivity contribution is 0.0997. The van der Waals surface area contributed by atoms with Gasteiger partial charge in [0.25, 0.3) is 0 Å². The lowest BCUT2D eigenvalue weighted by atomic mass is 10.1. The van der Waals surface area contributed by atoms with Crippen molar-refractivity contribution in [1.82, 2.24) is 0 Å². The third kappa shape index (κ3) is 1.94. The molecule has 4 nitrogen and oxygen atoms in total. The third-order valence-corrected chi connectivity index (χ3v) is 2.26. The molecule has 1 aromatic carbocycles. The number of ketones is 1. The maximum absolute atomic E-state index is 11.5. The molecular weight excluding hydrogens is 194 g/mol. The van der Waals surface area contributed by atoms with E-state index in [-0.39, 0.29) is 12.3 Å². The lowest BCUT2D eigenvalue weighted by Gasteiger charge is -2.10. The van der Waals surface area contributed by atoms with Gasteiger partial charge in [-0.1, -0.05) is 6.07 Å². The minimum Gasteiger partial charge on any atom is -0.490 e. The van der Waals surface area contributed by atoms with Crippen LogP contribution in [0.15, 0.2) is 18.2 Å². The molecule has 4 heteroatoms. The highest BCUT2D eigenvalue weighted by atomic mass is 16.5. The van der Waals surface area contributed by atoms with E-state index in [2.05, 4.69) is 0 Å². The zero-order valence-electron chi connectivity index (χ0n) is 8.36. The Balaban J connectivity index is 2.43. The van der Waals surface area contributed by atoms with E-state index in [1.807, 2.05) is 0 Å². The van der Waals surface area contributed by atoms with Crippen molar-refractivity contribution in [1.29, 1.82) is 0 Å². The van der Waals surface area contributed by atoms with Crippen LogP contribution in [-0.2, 0) is 0 Å². The minimum absolute atomic E-state index is 0.0141. The normalized spacial score (nSPS) is 14.5. The van der Waals surface area contributed by atoms with E-state index < -0.39 is 0 Å². The van der Waals surface area contributed by atoms with Gasteiger partial charge in [0, 0.05) is 6.42 Å². The molecule has 80 valence electrons. The summed E-state index contributed by atoms with van der Waals surface area (Å²) in [5, 5.41) is 0. The van der Waals surface area contributed by atoms with Gasteiger partial charge in [0.15, 0.2) is 17.3 Å². The number of hydrogen-bond donors (Lipinski definition) is 1. The molecule has 2 N–H and O–H groups in total. The first-order chi connectivity index (χ1) is 7.33. The zero-order chi connectivity index (χ0) is 10.7. The van der Waals surface area contributed by atoms with Gasteiger partial charge in [0.1, 0.15) is 0 Å². The molecule has 1 heterocycles. The number of benzene rings is 1. The molecule has 0 fully saturated rings. The van der Waals surface area contributed by atoms with Crippen LogP contribution in [0.4, 0.5) is 0 Å². The molecule has 0 spiro atoms. The van der Waals surface area contributed by atoms with Crippen molar-refractivity contribution < 1.29 is 14.3 Å². The summed E-state index contributed by atoms with van der Waals surface area (Å²) >= 11 is 0. The van der Waals surface area contributed by atoms with Crippen LogP contribution in [0.25, 0.3) is 0 Å². The average Bonchev–Trinajstić information content (AvgIpc) is 2.52. The minimum atomic E-state index is -0.127. The van der Waals surface area contributed by atoms with Crippen LogP contribution in [0.3, 0.4) is 0 Å². The number of hydrogen-bond acceptors (Lipinski definition) is 4. The maximum atomic E-state index is 11.5. The second-order valence-electron chi connectivity index (χ2n) is 3.31. The summed E-state index contributed by atoms with van der Waals surface area (Å²) < 4.78 is 11.0. The molecule has 2 rings (SSSR count). The number of carbonyl (C=O) groups is 1.